The number of aromatic nitrogens is 4. The number of nitrogens with two attached hydrogens (primary N) is 1. The van der Waals surface area contributed by atoms with Gasteiger partial charge < -0.3 is 19.7 Å². The molecular weight excluding hydrogens is 286 g/mol. The van der Waals surface area contributed by atoms with Crippen LogP contribution in [-0.2, 0) is 5.54 Å². The van der Waals surface area contributed by atoms with E-state index in [1.54, 1.807) is 6.92 Å². The lowest BCUT2D eigenvalue weighted by Crippen LogP contribution is -2.34. The largest absolute Gasteiger partial charge is 0.442 e. The van der Waals surface area contributed by atoms with Gasteiger partial charge in [0.1, 0.15) is 11.1 Å². The molecule has 3 N–H and O–H groups in total. The Hall–Kier alpha value is -2.48. The molecule has 3 aromatic rings. The molecule has 0 bridgehead atoms. The van der Waals surface area contributed by atoms with E-state index in [1.807, 2.05) is 0 Å². The standard InChI is InChI=1S/C14H15N5O3/c1-7-8(9-10(20)16-6-17-11(9)21-7)12-18-13(19-22-12)14(15)4-2-3-5-14/h6H,2-5,15H2,1H3,(H,16,17,20). The van der Waals surface area contributed by atoms with Crippen LogP contribution in [0.4, 0.5) is 0 Å². The molecule has 0 radical (unpaired) electrons. The van der Waals surface area contributed by atoms with Crippen molar-refractivity contribution in [2.24, 2.45) is 5.73 Å². The van der Waals surface area contributed by atoms with E-state index in [2.05, 4.69) is 20.1 Å². The molecular formula is C14H15N5O3. The number of rotatable bonds is 2. The van der Waals surface area contributed by atoms with Crippen molar-refractivity contribution in [2.75, 3.05) is 0 Å². The maximum Gasteiger partial charge on any atom is 0.262 e. The van der Waals surface area contributed by atoms with E-state index in [4.69, 9.17) is 14.7 Å². The van der Waals surface area contributed by atoms with Crippen LogP contribution in [0.2, 0.25) is 0 Å². The summed E-state index contributed by atoms with van der Waals surface area (Å²) in [6.45, 7) is 1.73. The predicted molar refractivity (Wildman–Crippen MR) is 77.0 cm³/mol. The number of H-pyrrole nitrogens is 1. The highest BCUT2D eigenvalue weighted by molar-refractivity contribution is 5.90. The Balaban J connectivity index is 1.88. The fourth-order valence-electron chi connectivity index (χ4n) is 3.07. The zero-order chi connectivity index (χ0) is 15.3. The molecule has 1 fully saturated rings. The van der Waals surface area contributed by atoms with Crippen LogP contribution in [0.15, 0.2) is 20.1 Å². The van der Waals surface area contributed by atoms with Crippen molar-refractivity contribution in [3.05, 3.63) is 28.3 Å². The van der Waals surface area contributed by atoms with Gasteiger partial charge >= 0.3 is 0 Å². The quantitative estimate of drug-likeness (QED) is 0.736. The zero-order valence-corrected chi connectivity index (χ0v) is 12.0. The average Bonchev–Trinajstić information content (AvgIpc) is 3.17. The van der Waals surface area contributed by atoms with Crippen LogP contribution in [0.1, 0.15) is 37.3 Å². The van der Waals surface area contributed by atoms with Crippen LogP contribution in [0, 0.1) is 6.92 Å². The van der Waals surface area contributed by atoms with E-state index in [9.17, 15) is 4.79 Å². The molecule has 1 saturated carbocycles. The normalized spacial score (nSPS) is 17.4. The Bertz CT molecular complexity index is 901. The van der Waals surface area contributed by atoms with Gasteiger partial charge in [-0.2, -0.15) is 4.98 Å². The van der Waals surface area contributed by atoms with Crippen molar-refractivity contribution in [1.82, 2.24) is 20.1 Å². The highest BCUT2D eigenvalue weighted by Crippen LogP contribution is 2.37. The molecule has 8 nitrogen and oxygen atoms in total. The number of furan rings is 1. The lowest BCUT2D eigenvalue weighted by atomic mass is 9.98. The number of fused-ring (bicyclic) bond motifs is 1. The van der Waals surface area contributed by atoms with Gasteiger partial charge in [-0.3, -0.25) is 4.79 Å². The summed E-state index contributed by atoms with van der Waals surface area (Å²) in [5, 5.41) is 4.33. The van der Waals surface area contributed by atoms with E-state index in [0.29, 0.717) is 22.5 Å². The maximum absolute atomic E-state index is 12.0. The molecule has 0 spiro atoms. The van der Waals surface area contributed by atoms with Crippen LogP contribution in [0.3, 0.4) is 0 Å². The van der Waals surface area contributed by atoms with Crippen LogP contribution >= 0.6 is 0 Å². The van der Waals surface area contributed by atoms with Gasteiger partial charge in [0.05, 0.1) is 17.4 Å². The minimum Gasteiger partial charge on any atom is -0.442 e. The average molecular weight is 301 g/mol. The van der Waals surface area contributed by atoms with Crippen molar-refractivity contribution in [3.63, 3.8) is 0 Å². The monoisotopic (exact) mass is 301 g/mol. The van der Waals surface area contributed by atoms with Gasteiger partial charge in [-0.05, 0) is 19.8 Å². The van der Waals surface area contributed by atoms with Crippen molar-refractivity contribution >= 4 is 11.1 Å². The Morgan fingerprint density at radius 2 is 2.14 bits per heavy atom. The van der Waals surface area contributed by atoms with Crippen LogP contribution in [0.5, 0.6) is 0 Å². The van der Waals surface area contributed by atoms with Crippen molar-refractivity contribution in [1.29, 1.82) is 0 Å². The van der Waals surface area contributed by atoms with Crippen LogP contribution in [0.25, 0.3) is 22.6 Å². The second kappa shape index (κ2) is 4.51. The molecule has 114 valence electrons. The highest BCUT2D eigenvalue weighted by atomic mass is 16.5. The molecule has 0 atom stereocenters. The second-order valence-corrected chi connectivity index (χ2v) is 5.73. The first kappa shape index (κ1) is 13.2. The summed E-state index contributed by atoms with van der Waals surface area (Å²) in [6.07, 6.45) is 5.07. The van der Waals surface area contributed by atoms with E-state index < -0.39 is 5.54 Å². The van der Waals surface area contributed by atoms with E-state index in [-0.39, 0.29) is 17.2 Å². The zero-order valence-electron chi connectivity index (χ0n) is 12.0. The summed E-state index contributed by atoms with van der Waals surface area (Å²) >= 11 is 0. The molecule has 0 aliphatic heterocycles. The van der Waals surface area contributed by atoms with Gasteiger partial charge in [0.2, 0.25) is 5.71 Å². The van der Waals surface area contributed by atoms with Gasteiger partial charge in [0, 0.05) is 0 Å². The number of hydrogen-bond acceptors (Lipinski definition) is 7. The molecule has 0 amide bonds. The Morgan fingerprint density at radius 1 is 1.36 bits per heavy atom. The number of hydrogen-bond donors (Lipinski definition) is 2. The Labute approximate surface area is 124 Å². The van der Waals surface area contributed by atoms with Gasteiger partial charge in [0.25, 0.3) is 11.4 Å². The number of nitrogens with one attached hydrogen (secondary N) is 1. The van der Waals surface area contributed by atoms with Crippen LogP contribution < -0.4 is 11.3 Å². The number of nitrogens with zero attached hydrogens (tertiary/aromatic N) is 3. The minimum atomic E-state index is -0.542. The summed E-state index contributed by atoms with van der Waals surface area (Å²) in [5.74, 6) is 1.22. The number of aryl methyl sites for hydroxylation is 1. The predicted octanol–water partition coefficient (Wildman–Crippen LogP) is 1.60. The molecule has 3 aromatic heterocycles. The lowest BCUT2D eigenvalue weighted by molar-refractivity contribution is 0.372. The molecule has 0 aromatic carbocycles. The van der Waals surface area contributed by atoms with Crippen molar-refractivity contribution in [2.45, 2.75) is 38.1 Å². The summed E-state index contributed by atoms with van der Waals surface area (Å²) in [6, 6.07) is 0. The van der Waals surface area contributed by atoms with Crippen LogP contribution in [-0.4, -0.2) is 20.1 Å². The second-order valence-electron chi connectivity index (χ2n) is 5.73. The minimum absolute atomic E-state index is 0.237. The summed E-state index contributed by atoms with van der Waals surface area (Å²) in [5.41, 5.74) is 6.22. The third-order valence-corrected chi connectivity index (χ3v) is 4.25. The van der Waals surface area contributed by atoms with Crippen molar-refractivity contribution in [3.8, 4) is 11.5 Å². The van der Waals surface area contributed by atoms with Gasteiger partial charge in [-0.1, -0.05) is 18.0 Å². The van der Waals surface area contributed by atoms with Gasteiger partial charge in [-0.25, -0.2) is 4.98 Å². The number of aromatic amines is 1. The smallest absolute Gasteiger partial charge is 0.262 e. The first-order valence-electron chi connectivity index (χ1n) is 7.19. The summed E-state index contributed by atoms with van der Waals surface area (Å²) in [4.78, 5) is 23.0. The summed E-state index contributed by atoms with van der Waals surface area (Å²) < 4.78 is 10.9. The SMILES string of the molecule is Cc1oc2nc[nH]c(=O)c2c1-c1nc(C2(N)CCCC2)no1. The molecule has 1 aliphatic carbocycles. The Morgan fingerprint density at radius 3 is 2.91 bits per heavy atom. The van der Waals surface area contributed by atoms with E-state index in [0.717, 1.165) is 25.7 Å². The molecule has 3 heterocycles. The lowest BCUT2D eigenvalue weighted by Gasteiger charge is -2.17. The first-order chi connectivity index (χ1) is 10.6. The maximum atomic E-state index is 12.0. The fourth-order valence-corrected chi connectivity index (χ4v) is 3.07. The molecule has 1 aliphatic rings. The third-order valence-electron chi connectivity index (χ3n) is 4.25. The molecule has 8 heteroatoms. The van der Waals surface area contributed by atoms with E-state index in [1.165, 1.54) is 6.33 Å². The van der Waals surface area contributed by atoms with Gasteiger partial charge in [0.15, 0.2) is 5.82 Å². The molecule has 0 saturated heterocycles. The third kappa shape index (κ3) is 1.80. The van der Waals surface area contributed by atoms with Crippen molar-refractivity contribution < 1.29 is 8.94 Å². The first-order valence-corrected chi connectivity index (χ1v) is 7.19. The fraction of sp³-hybridized carbons (Fsp3) is 0.429. The highest BCUT2D eigenvalue weighted by Gasteiger charge is 2.36. The Kier molecular flexibility index (Phi) is 2.70. The topological polar surface area (TPSA) is 124 Å². The molecule has 22 heavy (non-hydrogen) atoms. The van der Waals surface area contributed by atoms with E-state index >= 15 is 0 Å². The molecule has 0 unspecified atom stereocenters. The van der Waals surface area contributed by atoms with Gasteiger partial charge in [-0.15, -0.1) is 0 Å². The summed E-state index contributed by atoms with van der Waals surface area (Å²) in [7, 11) is 0. The molecule has 4 rings (SSSR count).